The van der Waals surface area contributed by atoms with E-state index in [1.165, 1.54) is 83.5 Å². The van der Waals surface area contributed by atoms with Crippen molar-refractivity contribution in [3.05, 3.63) is 0 Å². The summed E-state index contributed by atoms with van der Waals surface area (Å²) in [6.45, 7) is 8.28. The predicted molar refractivity (Wildman–Crippen MR) is 139 cm³/mol. The molecule has 3 unspecified atom stereocenters. The Morgan fingerprint density at radius 1 is 0.812 bits per heavy atom. The Morgan fingerprint density at radius 3 is 1.81 bits per heavy atom. The molecule has 0 aromatic rings. The molecule has 0 bridgehead atoms. The van der Waals surface area contributed by atoms with Crippen molar-refractivity contribution >= 4 is 25.1 Å². The van der Waals surface area contributed by atoms with Crippen molar-refractivity contribution in [2.24, 2.45) is 0 Å². The molecule has 0 fully saturated rings. The van der Waals surface area contributed by atoms with Crippen molar-refractivity contribution in [3.8, 4) is 0 Å². The van der Waals surface area contributed by atoms with E-state index in [1.54, 1.807) is 0 Å². The van der Waals surface area contributed by atoms with E-state index in [0.29, 0.717) is 6.42 Å². The van der Waals surface area contributed by atoms with Crippen molar-refractivity contribution in [2.75, 3.05) is 12.4 Å². The van der Waals surface area contributed by atoms with Crippen LogP contribution in [0.4, 0.5) is 4.79 Å². The van der Waals surface area contributed by atoms with Crippen LogP contribution >= 0.6 is 19.4 Å². The van der Waals surface area contributed by atoms with E-state index in [1.807, 2.05) is 25.6 Å². The highest BCUT2D eigenvalue weighted by Crippen LogP contribution is 2.51. The van der Waals surface area contributed by atoms with Gasteiger partial charge in [0.15, 0.2) is 0 Å². The Bertz CT molecular complexity index is 489. The summed E-state index contributed by atoms with van der Waals surface area (Å²) in [5, 5.41) is 9.54. The number of unbranched alkanes of at least 4 members (excludes halogenated alkanes) is 12. The Hall–Kier alpha value is -0.0300. The SMILES string of the molecule is CCCCCCCCCCCCSC(CCCCCC)C(C)OP(=O)(OCCC)C(=O)O. The van der Waals surface area contributed by atoms with E-state index >= 15 is 0 Å². The normalized spacial score (nSPS) is 15.4. The number of hydrogen-bond donors (Lipinski definition) is 1. The molecule has 192 valence electrons. The maximum atomic E-state index is 12.7. The molecular weight excluding hydrogens is 443 g/mol. The summed E-state index contributed by atoms with van der Waals surface area (Å²) in [6.07, 6.45) is 19.0. The molecule has 0 amide bonds. The van der Waals surface area contributed by atoms with Crippen LogP contribution in [0.2, 0.25) is 0 Å². The lowest BCUT2D eigenvalue weighted by Gasteiger charge is -2.26. The lowest BCUT2D eigenvalue weighted by molar-refractivity contribution is 0.142. The van der Waals surface area contributed by atoms with E-state index in [0.717, 1.165) is 18.6 Å². The highest BCUT2D eigenvalue weighted by atomic mass is 32.2. The van der Waals surface area contributed by atoms with E-state index in [2.05, 4.69) is 13.8 Å². The van der Waals surface area contributed by atoms with Crippen molar-refractivity contribution in [3.63, 3.8) is 0 Å². The summed E-state index contributed by atoms with van der Waals surface area (Å²) in [5.74, 6) is 1.04. The van der Waals surface area contributed by atoms with Gasteiger partial charge in [-0.15, -0.1) is 0 Å². The van der Waals surface area contributed by atoms with Crippen LogP contribution in [0.25, 0.3) is 0 Å². The molecule has 0 rings (SSSR count). The molecule has 1 N–H and O–H groups in total. The minimum atomic E-state index is -4.13. The molecule has 0 aliphatic heterocycles. The summed E-state index contributed by atoms with van der Waals surface area (Å²) in [6, 6.07) is 0. The van der Waals surface area contributed by atoms with Gasteiger partial charge in [-0.25, -0.2) is 9.36 Å². The first-order valence-corrected chi connectivity index (χ1v) is 15.8. The van der Waals surface area contributed by atoms with Crippen LogP contribution < -0.4 is 0 Å². The predicted octanol–water partition coefficient (Wildman–Crippen LogP) is 9.68. The van der Waals surface area contributed by atoms with Gasteiger partial charge in [0.05, 0.1) is 12.7 Å². The van der Waals surface area contributed by atoms with Crippen LogP contribution in [-0.4, -0.2) is 34.5 Å². The van der Waals surface area contributed by atoms with E-state index < -0.39 is 19.4 Å². The van der Waals surface area contributed by atoms with Gasteiger partial charge in [-0.2, -0.15) is 11.8 Å². The van der Waals surface area contributed by atoms with Crippen molar-refractivity contribution in [1.82, 2.24) is 0 Å². The van der Waals surface area contributed by atoms with E-state index in [4.69, 9.17) is 9.05 Å². The number of carboxylic acid groups (broad SMARTS) is 1. The van der Waals surface area contributed by atoms with E-state index in [-0.39, 0.29) is 11.9 Å². The van der Waals surface area contributed by atoms with Crippen LogP contribution in [-0.2, 0) is 13.6 Å². The first-order chi connectivity index (χ1) is 15.4. The van der Waals surface area contributed by atoms with Crippen molar-refractivity contribution in [1.29, 1.82) is 0 Å². The van der Waals surface area contributed by atoms with Crippen LogP contribution in [0.1, 0.15) is 130 Å². The first-order valence-electron chi connectivity index (χ1n) is 13.2. The van der Waals surface area contributed by atoms with Crippen LogP contribution in [0.3, 0.4) is 0 Å². The molecule has 3 atom stereocenters. The zero-order chi connectivity index (χ0) is 24.1. The third kappa shape index (κ3) is 16.6. The topological polar surface area (TPSA) is 72.8 Å². The highest BCUT2D eigenvalue weighted by Gasteiger charge is 2.38. The molecule has 0 aromatic heterocycles. The van der Waals surface area contributed by atoms with Gasteiger partial charge in [-0.3, -0.25) is 4.52 Å². The molecule has 0 heterocycles. The maximum Gasteiger partial charge on any atom is 0.438 e. The lowest BCUT2D eigenvalue weighted by atomic mass is 10.1. The summed E-state index contributed by atoms with van der Waals surface area (Å²) < 4.78 is 23.4. The monoisotopic (exact) mass is 494 g/mol. The summed E-state index contributed by atoms with van der Waals surface area (Å²) >= 11 is 1.85. The molecule has 5 nitrogen and oxygen atoms in total. The number of hydrogen-bond acceptors (Lipinski definition) is 5. The molecule has 32 heavy (non-hydrogen) atoms. The molecule has 7 heteroatoms. The van der Waals surface area contributed by atoms with E-state index in [9.17, 15) is 14.5 Å². The fourth-order valence-corrected chi connectivity index (χ4v) is 6.36. The molecule has 0 aromatic carbocycles. The van der Waals surface area contributed by atoms with Gasteiger partial charge < -0.3 is 9.63 Å². The fraction of sp³-hybridized carbons (Fsp3) is 0.960. The fourth-order valence-electron chi connectivity index (χ4n) is 3.68. The van der Waals surface area contributed by atoms with Gasteiger partial charge in [-0.1, -0.05) is 104 Å². The first kappa shape index (κ1) is 32.0. The van der Waals surface area contributed by atoms with Crippen LogP contribution in [0.15, 0.2) is 0 Å². The number of carbonyl (C=O) groups is 1. The van der Waals surface area contributed by atoms with Crippen LogP contribution in [0.5, 0.6) is 0 Å². The second-order valence-electron chi connectivity index (χ2n) is 8.86. The molecule has 0 spiro atoms. The summed E-state index contributed by atoms with van der Waals surface area (Å²) in [7, 11) is -4.13. The maximum absolute atomic E-state index is 12.7. The molecule has 0 saturated heterocycles. The average Bonchev–Trinajstić information content (AvgIpc) is 2.77. The lowest BCUT2D eigenvalue weighted by Crippen LogP contribution is -2.25. The molecule has 0 radical (unpaired) electrons. The largest absolute Gasteiger partial charge is 0.472 e. The van der Waals surface area contributed by atoms with Gasteiger partial charge in [-0.05, 0) is 31.9 Å². The Balaban J connectivity index is 4.39. The van der Waals surface area contributed by atoms with Crippen molar-refractivity contribution < 1.29 is 23.5 Å². The Morgan fingerprint density at radius 2 is 1.31 bits per heavy atom. The summed E-state index contributed by atoms with van der Waals surface area (Å²) in [4.78, 5) is 11.5. The molecule has 0 saturated carbocycles. The highest BCUT2D eigenvalue weighted by molar-refractivity contribution is 7.99. The van der Waals surface area contributed by atoms with Gasteiger partial charge in [0.2, 0.25) is 0 Å². The average molecular weight is 495 g/mol. The standard InChI is InChI=1S/C25H51O5PS/c1-5-8-10-12-13-14-15-16-17-19-22-32-24(20-18-11-9-6-2)23(4)30-31(28,25(26)27)29-21-7-3/h23-24H,5-22H2,1-4H3,(H,26,27). The van der Waals surface area contributed by atoms with Gasteiger partial charge in [0.25, 0.3) is 0 Å². The molecule has 0 aliphatic rings. The zero-order valence-corrected chi connectivity index (χ0v) is 23.0. The zero-order valence-electron chi connectivity index (χ0n) is 21.3. The third-order valence-electron chi connectivity index (χ3n) is 5.70. The second kappa shape index (κ2) is 21.5. The van der Waals surface area contributed by atoms with Gasteiger partial charge in [0.1, 0.15) is 0 Å². The smallest absolute Gasteiger partial charge is 0.438 e. The Labute approximate surface area is 202 Å². The third-order valence-corrected chi connectivity index (χ3v) is 8.87. The van der Waals surface area contributed by atoms with Gasteiger partial charge in [0, 0.05) is 5.25 Å². The van der Waals surface area contributed by atoms with Gasteiger partial charge >= 0.3 is 13.3 Å². The summed E-state index contributed by atoms with van der Waals surface area (Å²) in [5.41, 5.74) is -1.48. The minimum Gasteiger partial charge on any atom is -0.472 e. The minimum absolute atomic E-state index is 0.128. The molecular formula is C25H51O5PS. The Kier molecular flexibility index (Phi) is 21.5. The number of rotatable bonds is 24. The number of thioether (sulfide) groups is 1. The molecule has 0 aliphatic carbocycles. The second-order valence-corrected chi connectivity index (χ2v) is 12.1. The quantitative estimate of drug-likeness (QED) is 0.106. The van der Waals surface area contributed by atoms with Crippen molar-refractivity contribution in [2.45, 2.75) is 142 Å². The van der Waals surface area contributed by atoms with Crippen LogP contribution in [0, 0.1) is 0 Å².